The van der Waals surface area contributed by atoms with Crippen molar-refractivity contribution < 1.29 is 27.9 Å². The first-order valence-electron chi connectivity index (χ1n) is 8.38. The quantitative estimate of drug-likeness (QED) is 0.868. The van der Waals surface area contributed by atoms with Crippen molar-refractivity contribution in [3.63, 3.8) is 0 Å². The number of aromatic nitrogens is 2. The van der Waals surface area contributed by atoms with Crippen LogP contribution in [-0.2, 0) is 22.7 Å². The van der Waals surface area contributed by atoms with Crippen molar-refractivity contribution in [1.82, 2.24) is 14.0 Å². The summed E-state index contributed by atoms with van der Waals surface area (Å²) in [6.45, 7) is 0.420. The van der Waals surface area contributed by atoms with Gasteiger partial charge in [-0.05, 0) is 25.5 Å². The molecule has 2 heterocycles. The second-order valence-electron chi connectivity index (χ2n) is 6.55. The lowest BCUT2D eigenvalue weighted by molar-refractivity contribution is -0.227. The van der Waals surface area contributed by atoms with Crippen LogP contribution in [0.3, 0.4) is 0 Å². The fourth-order valence-electron chi connectivity index (χ4n) is 3.52. The van der Waals surface area contributed by atoms with Crippen molar-refractivity contribution in [2.24, 2.45) is 5.41 Å². The number of hydrogen-bond acceptors (Lipinski definition) is 3. The van der Waals surface area contributed by atoms with Crippen LogP contribution in [0.2, 0.25) is 0 Å². The number of hydrogen-bond donors (Lipinski definition) is 1. The van der Waals surface area contributed by atoms with Crippen molar-refractivity contribution in [2.45, 2.75) is 32.6 Å². The fraction of sp³-hybridized carbons (Fsp3) is 0.471. The Morgan fingerprint density at radius 3 is 2.26 bits per heavy atom. The molecule has 27 heavy (non-hydrogen) atoms. The minimum Gasteiger partial charge on any atom is -0.481 e. The minimum absolute atomic E-state index is 0.328. The Hall–Kier alpha value is -2.78. The average Bonchev–Trinajstić information content (AvgIpc) is 3.16. The summed E-state index contributed by atoms with van der Waals surface area (Å²) in [5.74, 6) is -2.71. The number of benzene rings is 1. The predicted octanol–water partition coefficient (Wildman–Crippen LogP) is 1.69. The van der Waals surface area contributed by atoms with Gasteiger partial charge in [0.25, 0.3) is 0 Å². The number of likely N-dealkylation sites (tertiary alicyclic amines) is 1. The van der Waals surface area contributed by atoms with E-state index in [1.165, 1.54) is 9.13 Å². The summed E-state index contributed by atoms with van der Waals surface area (Å²) >= 11 is 0. The van der Waals surface area contributed by atoms with Crippen LogP contribution in [0.5, 0.6) is 0 Å². The first kappa shape index (κ1) is 19.0. The van der Waals surface area contributed by atoms with E-state index in [2.05, 4.69) is 0 Å². The van der Waals surface area contributed by atoms with E-state index in [0.717, 1.165) is 4.90 Å². The Labute approximate surface area is 151 Å². The molecule has 1 N–H and O–H groups in total. The predicted molar refractivity (Wildman–Crippen MR) is 89.2 cm³/mol. The van der Waals surface area contributed by atoms with E-state index >= 15 is 0 Å². The van der Waals surface area contributed by atoms with Crippen LogP contribution in [0.15, 0.2) is 29.1 Å². The summed E-state index contributed by atoms with van der Waals surface area (Å²) in [5, 5.41) is 9.09. The van der Waals surface area contributed by atoms with E-state index in [9.17, 15) is 27.6 Å². The zero-order chi connectivity index (χ0) is 20.0. The summed E-state index contributed by atoms with van der Waals surface area (Å²) < 4.78 is 42.5. The Morgan fingerprint density at radius 2 is 1.78 bits per heavy atom. The van der Waals surface area contributed by atoms with Gasteiger partial charge in [-0.15, -0.1) is 0 Å². The number of para-hydroxylation sites is 2. The van der Waals surface area contributed by atoms with Gasteiger partial charge in [0.2, 0.25) is 5.91 Å². The number of rotatable bonds is 4. The van der Waals surface area contributed by atoms with E-state index in [-0.39, 0.29) is 6.54 Å². The monoisotopic (exact) mass is 385 g/mol. The number of carboxylic acids is 1. The Morgan fingerprint density at radius 1 is 1.19 bits per heavy atom. The number of aliphatic carboxylic acids is 1. The zero-order valence-electron chi connectivity index (χ0n) is 14.5. The molecule has 1 amide bonds. The van der Waals surface area contributed by atoms with Gasteiger partial charge in [-0.1, -0.05) is 12.1 Å². The molecule has 7 nitrogen and oxygen atoms in total. The van der Waals surface area contributed by atoms with Gasteiger partial charge in [0.1, 0.15) is 6.54 Å². The van der Waals surface area contributed by atoms with Gasteiger partial charge in [-0.25, -0.2) is 4.79 Å². The highest BCUT2D eigenvalue weighted by Gasteiger charge is 2.64. The highest BCUT2D eigenvalue weighted by molar-refractivity contribution is 5.83. The number of aryl methyl sites for hydroxylation is 1. The maximum atomic E-state index is 13.3. The number of nitrogens with zero attached hydrogens (tertiary/aromatic N) is 3. The summed E-state index contributed by atoms with van der Waals surface area (Å²) in [6.07, 6.45) is -5.67. The van der Waals surface area contributed by atoms with Gasteiger partial charge in [-0.3, -0.25) is 18.7 Å². The molecule has 2 aromatic rings. The fourth-order valence-corrected chi connectivity index (χ4v) is 3.52. The van der Waals surface area contributed by atoms with E-state index in [1.807, 2.05) is 0 Å². The molecule has 0 saturated carbocycles. The van der Waals surface area contributed by atoms with Gasteiger partial charge in [-0.2, -0.15) is 13.2 Å². The molecule has 1 aliphatic heterocycles. The highest BCUT2D eigenvalue weighted by atomic mass is 19.4. The minimum atomic E-state index is -4.97. The van der Waals surface area contributed by atoms with E-state index < -0.39 is 48.7 Å². The second kappa shape index (κ2) is 6.43. The van der Waals surface area contributed by atoms with Crippen LogP contribution < -0.4 is 5.69 Å². The van der Waals surface area contributed by atoms with Crippen LogP contribution in [-0.4, -0.2) is 50.3 Å². The van der Waals surface area contributed by atoms with E-state index in [1.54, 1.807) is 31.2 Å². The lowest BCUT2D eigenvalue weighted by Gasteiger charge is -2.27. The van der Waals surface area contributed by atoms with Gasteiger partial charge in [0.05, 0.1) is 11.0 Å². The molecule has 0 aliphatic carbocycles. The first-order chi connectivity index (χ1) is 12.6. The van der Waals surface area contributed by atoms with Gasteiger partial charge < -0.3 is 10.0 Å². The van der Waals surface area contributed by atoms with Crippen molar-refractivity contribution in [3.05, 3.63) is 34.7 Å². The standard InChI is InChI=1S/C17H18F3N3O4/c1-2-22-11-5-3-4-6-12(11)23(15(22)27)9-13(24)21-8-7-16(10-21,14(25)26)17(18,19)20/h3-6H,2,7-10H2,1H3,(H,25,26). The maximum absolute atomic E-state index is 13.3. The average molecular weight is 385 g/mol. The summed E-state index contributed by atoms with van der Waals surface area (Å²) in [5.41, 5.74) is -2.29. The molecule has 10 heteroatoms. The van der Waals surface area contributed by atoms with Crippen LogP contribution in [0, 0.1) is 5.41 Å². The lowest BCUT2D eigenvalue weighted by Crippen LogP contribution is -2.48. The molecule has 0 bridgehead atoms. The van der Waals surface area contributed by atoms with Crippen molar-refractivity contribution in [2.75, 3.05) is 13.1 Å². The van der Waals surface area contributed by atoms with Crippen molar-refractivity contribution in [1.29, 1.82) is 0 Å². The molecule has 146 valence electrons. The molecule has 1 unspecified atom stereocenters. The van der Waals surface area contributed by atoms with Gasteiger partial charge >= 0.3 is 17.8 Å². The van der Waals surface area contributed by atoms with Crippen LogP contribution in [0.4, 0.5) is 13.2 Å². The number of carbonyl (C=O) groups excluding carboxylic acids is 1. The zero-order valence-corrected chi connectivity index (χ0v) is 14.5. The third-order valence-electron chi connectivity index (χ3n) is 5.11. The number of halogens is 3. The summed E-state index contributed by atoms with van der Waals surface area (Å²) in [6, 6.07) is 6.80. The summed E-state index contributed by atoms with van der Waals surface area (Å²) in [7, 11) is 0. The largest absolute Gasteiger partial charge is 0.481 e. The lowest BCUT2D eigenvalue weighted by atomic mass is 9.86. The normalized spacial score (nSPS) is 20.4. The molecular formula is C17H18F3N3O4. The van der Waals surface area contributed by atoms with Crippen LogP contribution in [0.1, 0.15) is 13.3 Å². The molecule has 1 aliphatic rings. The van der Waals surface area contributed by atoms with Gasteiger partial charge in [0, 0.05) is 19.6 Å². The second-order valence-corrected chi connectivity index (χ2v) is 6.55. The maximum Gasteiger partial charge on any atom is 0.406 e. The Kier molecular flexibility index (Phi) is 4.52. The SMILES string of the molecule is CCn1c(=O)n(CC(=O)N2CCC(C(=O)O)(C(F)(F)F)C2)c2ccccc21. The molecule has 1 aromatic heterocycles. The number of imidazole rings is 1. The topological polar surface area (TPSA) is 84.5 Å². The molecule has 0 spiro atoms. The van der Waals surface area contributed by atoms with Crippen LogP contribution in [0.25, 0.3) is 11.0 Å². The number of alkyl halides is 3. The molecule has 1 atom stereocenters. The van der Waals surface area contributed by atoms with Gasteiger partial charge in [0.15, 0.2) is 5.41 Å². The number of amides is 1. The van der Waals surface area contributed by atoms with E-state index in [0.29, 0.717) is 17.6 Å². The van der Waals surface area contributed by atoms with Crippen molar-refractivity contribution >= 4 is 22.9 Å². The van der Waals surface area contributed by atoms with Crippen molar-refractivity contribution in [3.8, 4) is 0 Å². The first-order valence-corrected chi connectivity index (χ1v) is 8.38. The smallest absolute Gasteiger partial charge is 0.406 e. The molecule has 0 radical (unpaired) electrons. The molecule has 1 fully saturated rings. The summed E-state index contributed by atoms with van der Waals surface area (Å²) in [4.78, 5) is 37.2. The van der Waals surface area contributed by atoms with Crippen LogP contribution >= 0.6 is 0 Å². The number of carbonyl (C=O) groups is 2. The third kappa shape index (κ3) is 2.88. The Bertz CT molecular complexity index is 962. The highest BCUT2D eigenvalue weighted by Crippen LogP contribution is 2.45. The van der Waals surface area contributed by atoms with E-state index in [4.69, 9.17) is 5.11 Å². The Balaban J connectivity index is 1.90. The number of fused-ring (bicyclic) bond motifs is 1. The molecule has 1 aromatic carbocycles. The molecular weight excluding hydrogens is 367 g/mol. The third-order valence-corrected chi connectivity index (χ3v) is 5.11. The number of carboxylic acid groups (broad SMARTS) is 1. The molecule has 1 saturated heterocycles. The molecule has 3 rings (SSSR count).